The Morgan fingerprint density at radius 1 is 0.692 bits per heavy atom. The van der Waals surface area contributed by atoms with Gasteiger partial charge in [-0.1, -0.05) is 56.3 Å². The van der Waals surface area contributed by atoms with Crippen LogP contribution in [-0.4, -0.2) is 154 Å². The van der Waals surface area contributed by atoms with Gasteiger partial charge in [-0.15, -0.1) is 0 Å². The van der Waals surface area contributed by atoms with E-state index in [1.54, 1.807) is 72.8 Å². The number of aromatic amines is 1. The zero-order valence-electron chi connectivity index (χ0n) is 59.0. The number of aliphatic carboxylic acids is 1. The lowest BCUT2D eigenvalue weighted by Crippen LogP contribution is -2.42. The normalized spacial score (nSPS) is 16.9. The van der Waals surface area contributed by atoms with Gasteiger partial charge >= 0.3 is 5.97 Å². The van der Waals surface area contributed by atoms with Gasteiger partial charge in [-0.2, -0.15) is 43.2 Å². The van der Waals surface area contributed by atoms with E-state index in [1.165, 1.54) is 56.4 Å². The highest BCUT2D eigenvalue weighted by Crippen LogP contribution is 2.52. The molecule has 6 aromatic carbocycles. The molecule has 33 heteroatoms. The Bertz CT molecular complexity index is 5680. The van der Waals surface area contributed by atoms with Crippen LogP contribution in [0.5, 0.6) is 0 Å². The zero-order chi connectivity index (χ0) is 77.5. The Kier molecular flexibility index (Phi) is 22.1. The SMILES string of the molecule is CC(CCN1C(=CC=C2CCCC(C=CC3=[N+](CCC(C)S(=O)(=O)O)c4ccc5cc(S(=O)(=O)O)ccc5c4C3(C)C)=C2c2ccc(C(=O)NCCNC(=O)CCC(NC(=O)c3ccc(NCc4cnc5nc(N)[nH]c(=O)c5n4)cc3)C(=O)O)cc2)C(C)(C)c2c1ccc1cc(S(=O)(=O)O)ccc21)S(=O)(=O)O. The smallest absolute Gasteiger partial charge is 0.326 e. The summed E-state index contributed by atoms with van der Waals surface area (Å²) in [7, 11) is -18.0. The van der Waals surface area contributed by atoms with E-state index in [-0.39, 0.29) is 96.4 Å². The van der Waals surface area contributed by atoms with Crippen LogP contribution in [0.3, 0.4) is 0 Å². The van der Waals surface area contributed by atoms with Gasteiger partial charge in [0.25, 0.3) is 57.8 Å². The second kappa shape index (κ2) is 30.5. The number of anilines is 3. The molecule has 1 aliphatic carbocycles. The van der Waals surface area contributed by atoms with E-state index in [4.69, 9.17) is 5.73 Å². The molecule has 4 heterocycles. The number of hydrogen-bond acceptors (Lipinski definition) is 19. The molecule has 3 unspecified atom stereocenters. The summed E-state index contributed by atoms with van der Waals surface area (Å²) in [6, 6.07) is 27.2. The molecule has 0 spiro atoms. The van der Waals surface area contributed by atoms with Crippen molar-refractivity contribution >= 4 is 131 Å². The van der Waals surface area contributed by atoms with Crippen LogP contribution in [0.4, 0.5) is 23.0 Å². The summed E-state index contributed by atoms with van der Waals surface area (Å²) in [6.07, 6.45) is 10.5. The minimum atomic E-state index is -4.57. The average Bonchev–Trinajstić information content (AvgIpc) is 1.58. The maximum Gasteiger partial charge on any atom is 0.326 e. The molecule has 3 amide bonds. The molecule has 29 nitrogen and oxygen atoms in total. The lowest BCUT2D eigenvalue weighted by atomic mass is 9.78. The third-order valence-corrected chi connectivity index (χ3v) is 23.9. The first kappa shape index (κ1) is 77.7. The Morgan fingerprint density at radius 2 is 1.30 bits per heavy atom. The summed E-state index contributed by atoms with van der Waals surface area (Å²) in [5.41, 5.74) is 12.5. The van der Waals surface area contributed by atoms with E-state index in [2.05, 4.69) is 41.2 Å². The summed E-state index contributed by atoms with van der Waals surface area (Å²) >= 11 is 0. The summed E-state index contributed by atoms with van der Waals surface area (Å²) < 4.78 is 141. The Hall–Kier alpha value is -10.4. The van der Waals surface area contributed by atoms with E-state index in [1.807, 2.05) is 61.5 Å². The number of hydrogen-bond donors (Lipinski definition) is 11. The van der Waals surface area contributed by atoms with Crippen molar-refractivity contribution in [1.82, 2.24) is 35.9 Å². The van der Waals surface area contributed by atoms with Crippen molar-refractivity contribution in [3.05, 3.63) is 200 Å². The minimum absolute atomic E-state index is 0.00601. The molecule has 0 saturated heterocycles. The molecular formula is C74H80N11O18S4+. The van der Waals surface area contributed by atoms with Gasteiger partial charge in [-0.3, -0.25) is 42.4 Å². The summed E-state index contributed by atoms with van der Waals surface area (Å²) in [5.74, 6) is -3.19. The van der Waals surface area contributed by atoms with Crippen LogP contribution in [0.15, 0.2) is 171 Å². The number of nitrogen functional groups attached to an aromatic ring is 1. The van der Waals surface area contributed by atoms with Gasteiger partial charge in [0.1, 0.15) is 6.04 Å². The average molecular weight is 1540 g/mol. The van der Waals surface area contributed by atoms with Crippen LogP contribution in [-0.2, 0) is 67.4 Å². The fraction of sp³-hybridized carbons (Fsp3) is 0.311. The fourth-order valence-electron chi connectivity index (χ4n) is 14.0. The quantitative estimate of drug-likeness (QED) is 0.0130. The van der Waals surface area contributed by atoms with Crippen molar-refractivity contribution in [1.29, 1.82) is 0 Å². The van der Waals surface area contributed by atoms with Crippen LogP contribution in [0.2, 0.25) is 0 Å². The first-order valence-electron chi connectivity index (χ1n) is 34.1. The van der Waals surface area contributed by atoms with Gasteiger partial charge in [-0.05, 0) is 188 Å². The molecule has 12 N–H and O–H groups in total. The molecule has 2 aliphatic heterocycles. The van der Waals surface area contributed by atoms with E-state index in [0.29, 0.717) is 69.1 Å². The number of carbonyl (C=O) groups is 4. The molecule has 2 aromatic heterocycles. The number of carboxylic acids is 1. The monoisotopic (exact) mass is 1540 g/mol. The number of nitrogens with one attached hydrogen (secondary N) is 5. The van der Waals surface area contributed by atoms with Crippen molar-refractivity contribution < 1.29 is 80.7 Å². The number of allylic oxidation sites excluding steroid dienone is 8. The fourth-order valence-corrected chi connectivity index (χ4v) is 15.8. The molecule has 0 saturated carbocycles. The van der Waals surface area contributed by atoms with Gasteiger partial charge in [-0.25, -0.2) is 14.8 Å². The number of aromatic nitrogens is 4. The number of fused-ring (bicyclic) bond motifs is 7. The second-order valence-electron chi connectivity index (χ2n) is 27.6. The second-order valence-corrected chi connectivity index (χ2v) is 34.1. The van der Waals surface area contributed by atoms with Crippen LogP contribution in [0.25, 0.3) is 38.3 Å². The lowest BCUT2D eigenvalue weighted by Gasteiger charge is -2.28. The maximum atomic E-state index is 13.9. The molecule has 107 heavy (non-hydrogen) atoms. The van der Waals surface area contributed by atoms with E-state index in [0.717, 1.165) is 39.3 Å². The predicted octanol–water partition coefficient (Wildman–Crippen LogP) is 8.73. The Morgan fingerprint density at radius 3 is 1.93 bits per heavy atom. The molecule has 0 radical (unpaired) electrons. The molecule has 3 aliphatic rings. The number of rotatable bonds is 27. The third-order valence-electron chi connectivity index (χ3n) is 19.7. The Labute approximate surface area is 616 Å². The van der Waals surface area contributed by atoms with Crippen LogP contribution in [0.1, 0.15) is 130 Å². The van der Waals surface area contributed by atoms with E-state index >= 15 is 0 Å². The van der Waals surface area contributed by atoms with E-state index < -0.39 is 97.1 Å². The summed E-state index contributed by atoms with van der Waals surface area (Å²) in [5, 5.41) is 21.1. The third kappa shape index (κ3) is 17.1. The standard InChI is InChI=1S/C74H79N11O18S4/c1-42(104(92,93)94)32-36-84-58-27-16-49-38-53(106(98,99)100)22-24-55(49)64(58)73(3,4)60(84)29-18-44-8-7-9-45(19-30-61-74(5,6)65-56-25-23-54(107(101,102)103)39-50(56)17-28-59(65)85(61)37-33-43(2)105(95,96)97)63(44)46-10-12-47(13-11-46)68(87)77-35-34-76-62(86)31-26-57(71(90)91)81-69(88)48-14-20-51(21-15-48)78-40-52-41-79-67-66(80-52)70(89)83-72(75)82-67/h10-25,27-30,38-39,41-43,57H,7-9,26,31-37,40H2,1-6H3,(H11-,75,76,77,78,79,81,82,83,86,87,88,89,90,91,92,93,94,95,96,97,98,99,100,101,102,103)/p+1. The first-order valence-corrected chi connectivity index (χ1v) is 40.0. The summed E-state index contributed by atoms with van der Waals surface area (Å²) in [6.45, 7) is 11.1. The number of H-pyrrole nitrogens is 1. The molecular weight excluding hydrogens is 1460 g/mol. The number of carboxylic acid groups (broad SMARTS) is 1. The molecule has 0 fully saturated rings. The van der Waals surface area contributed by atoms with Crippen LogP contribution in [0, 0.1) is 0 Å². The highest BCUT2D eigenvalue weighted by Gasteiger charge is 2.47. The van der Waals surface area contributed by atoms with Crippen molar-refractivity contribution in [2.24, 2.45) is 0 Å². The van der Waals surface area contributed by atoms with Gasteiger partial charge in [0.05, 0.1) is 44.1 Å². The van der Waals surface area contributed by atoms with Crippen molar-refractivity contribution in [3.63, 3.8) is 0 Å². The van der Waals surface area contributed by atoms with Crippen molar-refractivity contribution in [3.8, 4) is 0 Å². The highest BCUT2D eigenvalue weighted by molar-refractivity contribution is 7.87. The lowest BCUT2D eigenvalue weighted by molar-refractivity contribution is -0.438. The van der Waals surface area contributed by atoms with Gasteiger partial charge in [0, 0.05) is 83.8 Å². The van der Waals surface area contributed by atoms with Crippen LogP contribution >= 0.6 is 0 Å². The zero-order valence-corrected chi connectivity index (χ0v) is 62.3. The maximum absolute atomic E-state index is 13.9. The molecule has 11 rings (SSSR count). The summed E-state index contributed by atoms with van der Waals surface area (Å²) in [4.78, 5) is 80.8. The topological polar surface area (TPSA) is 458 Å². The minimum Gasteiger partial charge on any atom is -0.480 e. The number of nitrogens with zero attached hydrogens (tertiary/aromatic N) is 5. The van der Waals surface area contributed by atoms with Gasteiger partial charge in [0.2, 0.25) is 17.5 Å². The Balaban J connectivity index is 0.847. The van der Waals surface area contributed by atoms with Crippen molar-refractivity contribution in [2.75, 3.05) is 42.1 Å². The van der Waals surface area contributed by atoms with Gasteiger partial charge < -0.3 is 37.0 Å². The van der Waals surface area contributed by atoms with E-state index in [9.17, 15) is 81.0 Å². The van der Waals surface area contributed by atoms with Crippen molar-refractivity contribution in [2.45, 2.75) is 130 Å². The number of nitrogens with two attached hydrogens (primary N) is 1. The molecule has 0 bridgehead atoms. The molecule has 8 aromatic rings. The number of amides is 3. The number of benzene rings is 6. The molecule has 3 atom stereocenters. The largest absolute Gasteiger partial charge is 0.480 e. The van der Waals surface area contributed by atoms with Gasteiger partial charge in [0.15, 0.2) is 23.4 Å². The molecule has 562 valence electrons. The van der Waals surface area contributed by atoms with Crippen LogP contribution < -0.4 is 37.5 Å². The first-order chi connectivity index (χ1) is 50.3. The highest BCUT2D eigenvalue weighted by atomic mass is 32.2. The number of carbonyl (C=O) groups excluding carboxylic acids is 3. The predicted molar refractivity (Wildman–Crippen MR) is 404 cm³/mol.